The van der Waals surface area contributed by atoms with E-state index in [9.17, 15) is 4.79 Å². The van der Waals surface area contributed by atoms with Gasteiger partial charge in [0.25, 0.3) is 0 Å². The van der Waals surface area contributed by atoms with Crippen molar-refractivity contribution >= 4 is 5.91 Å². The summed E-state index contributed by atoms with van der Waals surface area (Å²) in [6.45, 7) is 8.80. The van der Waals surface area contributed by atoms with Crippen LogP contribution in [0.5, 0.6) is 0 Å². The van der Waals surface area contributed by atoms with Gasteiger partial charge in [0.05, 0.1) is 12.6 Å². The van der Waals surface area contributed by atoms with Crippen LogP contribution >= 0.6 is 0 Å². The summed E-state index contributed by atoms with van der Waals surface area (Å²) in [5.74, 6) is 0.00974. The SMILES string of the molecule is CC(O)CCCNC(=O)CNC(C)(C)C. The molecule has 0 aliphatic carbocycles. The summed E-state index contributed by atoms with van der Waals surface area (Å²) in [7, 11) is 0. The standard InChI is InChI=1S/C11H24N2O2/c1-9(14)6-5-7-12-10(15)8-13-11(2,3)4/h9,13-14H,5-8H2,1-4H3,(H,12,15). The zero-order valence-corrected chi connectivity index (χ0v) is 10.3. The van der Waals surface area contributed by atoms with Crippen molar-refractivity contribution in [3.05, 3.63) is 0 Å². The Kier molecular flexibility index (Phi) is 6.52. The number of aliphatic hydroxyl groups is 1. The maximum atomic E-state index is 11.3. The lowest BCUT2D eigenvalue weighted by atomic mass is 10.1. The summed E-state index contributed by atoms with van der Waals surface area (Å²) in [6, 6.07) is 0. The summed E-state index contributed by atoms with van der Waals surface area (Å²) >= 11 is 0. The highest BCUT2D eigenvalue weighted by molar-refractivity contribution is 5.78. The molecule has 0 aromatic rings. The molecule has 4 nitrogen and oxygen atoms in total. The van der Waals surface area contributed by atoms with Crippen molar-refractivity contribution < 1.29 is 9.90 Å². The topological polar surface area (TPSA) is 61.4 Å². The average Bonchev–Trinajstić information content (AvgIpc) is 2.07. The Morgan fingerprint density at radius 2 is 2.00 bits per heavy atom. The monoisotopic (exact) mass is 216 g/mol. The van der Waals surface area contributed by atoms with Crippen molar-refractivity contribution in [3.8, 4) is 0 Å². The smallest absolute Gasteiger partial charge is 0.233 e. The van der Waals surface area contributed by atoms with Crippen molar-refractivity contribution in [1.82, 2.24) is 10.6 Å². The summed E-state index contributed by atoms with van der Waals surface area (Å²) in [5.41, 5.74) is -0.0308. The molecule has 0 aromatic heterocycles. The molecule has 0 bridgehead atoms. The van der Waals surface area contributed by atoms with Crippen LogP contribution in [0.3, 0.4) is 0 Å². The molecule has 1 amide bonds. The van der Waals surface area contributed by atoms with Crippen LogP contribution in [0, 0.1) is 0 Å². The molecule has 1 unspecified atom stereocenters. The van der Waals surface area contributed by atoms with Crippen LogP contribution in [0.25, 0.3) is 0 Å². The molecular weight excluding hydrogens is 192 g/mol. The van der Waals surface area contributed by atoms with E-state index >= 15 is 0 Å². The largest absolute Gasteiger partial charge is 0.393 e. The van der Waals surface area contributed by atoms with Crippen molar-refractivity contribution in [2.45, 2.75) is 52.2 Å². The van der Waals surface area contributed by atoms with Crippen LogP contribution in [-0.2, 0) is 4.79 Å². The fourth-order valence-electron chi connectivity index (χ4n) is 1.03. The summed E-state index contributed by atoms with van der Waals surface area (Å²) in [6.07, 6.45) is 1.26. The first kappa shape index (κ1) is 14.4. The highest BCUT2D eigenvalue weighted by Gasteiger charge is 2.10. The Morgan fingerprint density at radius 3 is 2.47 bits per heavy atom. The average molecular weight is 216 g/mol. The lowest BCUT2D eigenvalue weighted by Gasteiger charge is -2.20. The molecule has 90 valence electrons. The van der Waals surface area contributed by atoms with Gasteiger partial charge < -0.3 is 15.7 Å². The minimum Gasteiger partial charge on any atom is -0.393 e. The molecule has 0 heterocycles. The number of amides is 1. The molecule has 4 heteroatoms. The fraction of sp³-hybridized carbons (Fsp3) is 0.909. The third-order valence-electron chi connectivity index (χ3n) is 1.90. The summed E-state index contributed by atoms with van der Waals surface area (Å²) < 4.78 is 0. The third kappa shape index (κ3) is 11.3. The van der Waals surface area contributed by atoms with Gasteiger partial charge in [0.15, 0.2) is 0 Å². The van der Waals surface area contributed by atoms with Crippen LogP contribution < -0.4 is 10.6 Å². The van der Waals surface area contributed by atoms with Gasteiger partial charge in [-0.25, -0.2) is 0 Å². The molecule has 1 atom stereocenters. The van der Waals surface area contributed by atoms with Gasteiger partial charge in [-0.05, 0) is 40.5 Å². The van der Waals surface area contributed by atoms with Gasteiger partial charge in [0.1, 0.15) is 0 Å². The van der Waals surface area contributed by atoms with E-state index < -0.39 is 0 Å². The molecule has 0 aliphatic rings. The number of aliphatic hydroxyl groups excluding tert-OH is 1. The van der Waals surface area contributed by atoms with Crippen LogP contribution in [0.1, 0.15) is 40.5 Å². The summed E-state index contributed by atoms with van der Waals surface area (Å²) in [5, 5.41) is 14.9. The van der Waals surface area contributed by atoms with Crippen LogP contribution in [0.4, 0.5) is 0 Å². The Morgan fingerprint density at radius 1 is 1.40 bits per heavy atom. The van der Waals surface area contributed by atoms with Gasteiger partial charge >= 0.3 is 0 Å². The van der Waals surface area contributed by atoms with Gasteiger partial charge in [-0.15, -0.1) is 0 Å². The fourth-order valence-corrected chi connectivity index (χ4v) is 1.03. The molecule has 0 spiro atoms. The first-order chi connectivity index (χ1) is 6.81. The second-order valence-electron chi connectivity index (χ2n) is 4.94. The number of hydrogen-bond acceptors (Lipinski definition) is 3. The molecule has 0 saturated heterocycles. The second-order valence-corrected chi connectivity index (χ2v) is 4.94. The Labute approximate surface area is 92.4 Å². The number of nitrogens with one attached hydrogen (secondary N) is 2. The van der Waals surface area contributed by atoms with Gasteiger partial charge in [0, 0.05) is 12.1 Å². The van der Waals surface area contributed by atoms with Crippen LogP contribution in [0.2, 0.25) is 0 Å². The van der Waals surface area contributed by atoms with E-state index in [4.69, 9.17) is 5.11 Å². The zero-order valence-electron chi connectivity index (χ0n) is 10.3. The minimum absolute atomic E-state index is 0.00974. The van der Waals surface area contributed by atoms with Crippen LogP contribution in [0.15, 0.2) is 0 Å². The molecule has 3 N–H and O–H groups in total. The van der Waals surface area contributed by atoms with Gasteiger partial charge in [-0.2, -0.15) is 0 Å². The number of carbonyl (C=O) groups is 1. The van der Waals surface area contributed by atoms with Crippen LogP contribution in [-0.4, -0.2) is 35.7 Å². The van der Waals surface area contributed by atoms with E-state index in [-0.39, 0.29) is 17.6 Å². The first-order valence-corrected chi connectivity index (χ1v) is 5.51. The van der Waals surface area contributed by atoms with E-state index in [1.807, 2.05) is 20.8 Å². The quantitative estimate of drug-likeness (QED) is 0.571. The molecule has 0 rings (SSSR count). The van der Waals surface area contributed by atoms with E-state index in [0.29, 0.717) is 13.1 Å². The van der Waals surface area contributed by atoms with E-state index in [2.05, 4.69) is 10.6 Å². The Bertz CT molecular complexity index is 186. The lowest BCUT2D eigenvalue weighted by Crippen LogP contribution is -2.43. The Hall–Kier alpha value is -0.610. The maximum Gasteiger partial charge on any atom is 0.233 e. The molecule has 0 radical (unpaired) electrons. The normalized spacial score (nSPS) is 13.7. The predicted octanol–water partition coefficient (Wildman–Crippen LogP) is 0.652. The Balaban J connectivity index is 3.42. The highest BCUT2D eigenvalue weighted by atomic mass is 16.3. The maximum absolute atomic E-state index is 11.3. The molecular formula is C11H24N2O2. The number of rotatable bonds is 6. The van der Waals surface area contributed by atoms with Crippen molar-refractivity contribution in [2.75, 3.05) is 13.1 Å². The molecule has 0 saturated carbocycles. The van der Waals surface area contributed by atoms with Gasteiger partial charge in [-0.1, -0.05) is 0 Å². The molecule has 0 aliphatic heterocycles. The van der Waals surface area contributed by atoms with Gasteiger partial charge in [-0.3, -0.25) is 4.79 Å². The molecule has 15 heavy (non-hydrogen) atoms. The lowest BCUT2D eigenvalue weighted by molar-refractivity contribution is -0.120. The van der Waals surface area contributed by atoms with Crippen molar-refractivity contribution in [3.63, 3.8) is 0 Å². The minimum atomic E-state index is -0.283. The van der Waals surface area contributed by atoms with E-state index in [1.165, 1.54) is 0 Å². The number of hydrogen-bond donors (Lipinski definition) is 3. The van der Waals surface area contributed by atoms with Gasteiger partial charge in [0.2, 0.25) is 5.91 Å². The van der Waals surface area contributed by atoms with Crippen molar-refractivity contribution in [2.24, 2.45) is 0 Å². The predicted molar refractivity (Wildman–Crippen MR) is 61.7 cm³/mol. The second kappa shape index (κ2) is 6.80. The summed E-state index contributed by atoms with van der Waals surface area (Å²) in [4.78, 5) is 11.3. The molecule has 0 fully saturated rings. The zero-order chi connectivity index (χ0) is 11.9. The first-order valence-electron chi connectivity index (χ1n) is 5.51. The number of carbonyl (C=O) groups excluding carboxylic acids is 1. The van der Waals surface area contributed by atoms with Crippen molar-refractivity contribution in [1.29, 1.82) is 0 Å². The van der Waals surface area contributed by atoms with E-state index in [0.717, 1.165) is 12.8 Å². The molecule has 0 aromatic carbocycles. The third-order valence-corrected chi connectivity index (χ3v) is 1.90. The highest BCUT2D eigenvalue weighted by Crippen LogP contribution is 1.97. The van der Waals surface area contributed by atoms with E-state index in [1.54, 1.807) is 6.92 Å².